The number of carbonyl (C=O) groups excluding carboxylic acids is 1. The SMILES string of the molecule is Cc1c(COc2cc(OCc3cncc(C#N)c3)c(CN3CCCC[C@H]3C(=O)O)cc2Cl)cccc1-c1ccc2ncc(C3=CC4CCC(C3)C4C(=O)OC(C)(C)C)nc2c1. The topological polar surface area (TPSA) is 148 Å². The largest absolute Gasteiger partial charge is 0.488 e. The van der Waals surface area contributed by atoms with E-state index >= 15 is 0 Å². The normalized spacial score (nSPS) is 20.2. The molecule has 2 aromatic heterocycles. The second kappa shape index (κ2) is 17.6. The molecule has 5 aromatic rings. The van der Waals surface area contributed by atoms with Gasteiger partial charge in [-0.1, -0.05) is 48.4 Å². The summed E-state index contributed by atoms with van der Waals surface area (Å²) in [6, 6.07) is 19.1. The summed E-state index contributed by atoms with van der Waals surface area (Å²) in [5.41, 5.74) is 9.04. The van der Waals surface area contributed by atoms with Crippen molar-refractivity contribution in [3.8, 4) is 28.7 Å². The van der Waals surface area contributed by atoms with Crippen LogP contribution in [0.4, 0.5) is 0 Å². The molecule has 1 aliphatic heterocycles. The van der Waals surface area contributed by atoms with Crippen molar-refractivity contribution >= 4 is 40.1 Å². The van der Waals surface area contributed by atoms with Gasteiger partial charge in [-0.2, -0.15) is 5.26 Å². The minimum absolute atomic E-state index is 0.0961. The van der Waals surface area contributed by atoms with Crippen LogP contribution in [0.5, 0.6) is 11.5 Å². The van der Waals surface area contributed by atoms with E-state index in [-0.39, 0.29) is 36.9 Å². The van der Waals surface area contributed by atoms with Crippen molar-refractivity contribution in [2.24, 2.45) is 17.8 Å². The Morgan fingerprint density at radius 3 is 2.57 bits per heavy atom. The maximum Gasteiger partial charge on any atom is 0.320 e. The summed E-state index contributed by atoms with van der Waals surface area (Å²) in [7, 11) is 0. The molecular weight excluding hydrogens is 790 g/mol. The number of aromatic nitrogens is 3. The molecule has 8 rings (SSSR count). The molecule has 1 saturated heterocycles. The van der Waals surface area contributed by atoms with Gasteiger partial charge in [-0.15, -0.1) is 0 Å². The highest BCUT2D eigenvalue weighted by atomic mass is 35.5. The first-order valence-corrected chi connectivity index (χ1v) is 21.4. The number of halogens is 1. The maximum absolute atomic E-state index is 13.1. The standard InChI is InChI=1S/C49H50ClN5O6/c1-29-35(28-60-45-21-44(59-27-31-16-30(22-51)23-52-24-31)37(19-39(45)50)26-55-15-6-5-10-43(55)47(56)57)8-7-9-38(29)32-13-14-40-41(20-32)54-42(25-53-40)36-17-33-11-12-34(18-36)46(33)48(58)61-49(2,3)4/h7-9,13-14,16-17,19-21,23-25,33-34,43,46H,5-6,10-12,15,18,26-28H2,1-4H3,(H,56,57)/t33?,34?,43-,46?/m0/s1. The van der Waals surface area contributed by atoms with E-state index in [1.165, 1.54) is 6.20 Å². The number of rotatable bonds is 12. The fraction of sp³-hybridized carbons (Fsp3) is 0.388. The van der Waals surface area contributed by atoms with Crippen LogP contribution in [-0.4, -0.2) is 55.1 Å². The lowest BCUT2D eigenvalue weighted by molar-refractivity contribution is -0.162. The lowest BCUT2D eigenvalue weighted by atomic mass is 9.78. The number of allylic oxidation sites excluding steroid dienone is 2. The van der Waals surface area contributed by atoms with Gasteiger partial charge in [0, 0.05) is 36.1 Å². The molecular formula is C49H50ClN5O6. The number of benzene rings is 3. The smallest absolute Gasteiger partial charge is 0.320 e. The number of hydrogen-bond donors (Lipinski definition) is 1. The first-order valence-electron chi connectivity index (χ1n) is 21.0. The number of carboxylic acids is 1. The number of ether oxygens (including phenoxy) is 3. The highest BCUT2D eigenvalue weighted by Crippen LogP contribution is 2.49. The van der Waals surface area contributed by atoms with Crippen LogP contribution in [0.15, 0.2) is 79.3 Å². The Morgan fingerprint density at radius 1 is 0.951 bits per heavy atom. The third-order valence-corrected chi connectivity index (χ3v) is 12.4. The molecule has 3 aliphatic rings. The Balaban J connectivity index is 1.02. The molecule has 0 radical (unpaired) electrons. The fourth-order valence-electron chi connectivity index (χ4n) is 9.12. The van der Waals surface area contributed by atoms with Crippen molar-refractivity contribution < 1.29 is 28.9 Å². The van der Waals surface area contributed by atoms with Crippen LogP contribution in [0.1, 0.15) is 92.8 Å². The predicted molar refractivity (Wildman–Crippen MR) is 233 cm³/mol. The van der Waals surface area contributed by atoms with E-state index < -0.39 is 17.6 Å². The van der Waals surface area contributed by atoms with Gasteiger partial charge in [0.25, 0.3) is 0 Å². The van der Waals surface area contributed by atoms with Crippen molar-refractivity contribution in [2.75, 3.05) is 6.54 Å². The molecule has 0 amide bonds. The molecule has 3 unspecified atom stereocenters. The van der Waals surface area contributed by atoms with Crippen LogP contribution in [0.2, 0.25) is 5.02 Å². The Morgan fingerprint density at radius 2 is 1.79 bits per heavy atom. The van der Waals surface area contributed by atoms with Crippen LogP contribution < -0.4 is 9.47 Å². The number of carbonyl (C=O) groups is 2. The van der Waals surface area contributed by atoms with Gasteiger partial charge in [0.2, 0.25) is 0 Å². The zero-order chi connectivity index (χ0) is 42.8. The number of likely N-dealkylation sites (tertiary alicyclic amines) is 1. The number of pyridine rings is 1. The molecule has 3 aromatic carbocycles. The first kappa shape index (κ1) is 41.9. The number of esters is 1. The number of nitrogens with zero attached hydrogens (tertiary/aromatic N) is 5. The second-order valence-corrected chi connectivity index (χ2v) is 17.9. The molecule has 12 heteroatoms. The summed E-state index contributed by atoms with van der Waals surface area (Å²) in [4.78, 5) is 41.3. The first-order chi connectivity index (χ1) is 29.3. The van der Waals surface area contributed by atoms with Crippen LogP contribution in [0.25, 0.3) is 27.7 Å². The molecule has 3 heterocycles. The Labute approximate surface area is 361 Å². The minimum atomic E-state index is -0.841. The average molecular weight is 840 g/mol. The summed E-state index contributed by atoms with van der Waals surface area (Å²) in [5.74, 6) is 0.274. The van der Waals surface area contributed by atoms with Gasteiger partial charge in [0.1, 0.15) is 42.4 Å². The molecule has 1 saturated carbocycles. The van der Waals surface area contributed by atoms with Crippen LogP contribution >= 0.6 is 11.6 Å². The number of fused-ring (bicyclic) bond motifs is 3. The second-order valence-electron chi connectivity index (χ2n) is 17.5. The van der Waals surface area contributed by atoms with Gasteiger partial charge in [0.05, 0.1) is 39.4 Å². The zero-order valence-corrected chi connectivity index (χ0v) is 35.7. The van der Waals surface area contributed by atoms with E-state index in [4.69, 9.17) is 35.8 Å². The number of nitriles is 1. The maximum atomic E-state index is 13.1. The van der Waals surface area contributed by atoms with Crippen molar-refractivity contribution in [1.82, 2.24) is 19.9 Å². The lowest BCUT2D eigenvalue weighted by Crippen LogP contribution is -2.44. The molecule has 11 nitrogen and oxygen atoms in total. The average Bonchev–Trinajstić information content (AvgIpc) is 3.51. The van der Waals surface area contributed by atoms with Crippen LogP contribution in [0, 0.1) is 36.0 Å². The monoisotopic (exact) mass is 839 g/mol. The summed E-state index contributed by atoms with van der Waals surface area (Å²) in [6.07, 6.45) is 12.3. The number of hydrogen-bond acceptors (Lipinski definition) is 10. The van der Waals surface area contributed by atoms with Crippen molar-refractivity contribution in [3.05, 3.63) is 118 Å². The van der Waals surface area contributed by atoms with Gasteiger partial charge in [-0.25, -0.2) is 4.98 Å². The molecule has 4 atom stereocenters. The number of carboxylic acid groups (broad SMARTS) is 1. The molecule has 61 heavy (non-hydrogen) atoms. The van der Waals surface area contributed by atoms with Crippen LogP contribution in [-0.2, 0) is 34.1 Å². The van der Waals surface area contributed by atoms with Gasteiger partial charge < -0.3 is 19.3 Å². The summed E-state index contributed by atoms with van der Waals surface area (Å²) < 4.78 is 18.6. The lowest BCUT2D eigenvalue weighted by Gasteiger charge is -2.33. The highest BCUT2D eigenvalue weighted by Gasteiger charge is 2.45. The quantitative estimate of drug-likeness (QED) is 0.120. The Kier molecular flexibility index (Phi) is 12.1. The van der Waals surface area contributed by atoms with E-state index in [9.17, 15) is 20.0 Å². The third kappa shape index (κ3) is 9.41. The molecule has 2 aliphatic carbocycles. The van der Waals surface area contributed by atoms with Gasteiger partial charge in [-0.05, 0) is 130 Å². The van der Waals surface area contributed by atoms with E-state index in [1.54, 1.807) is 24.4 Å². The van der Waals surface area contributed by atoms with Crippen molar-refractivity contribution in [2.45, 2.75) is 97.6 Å². The molecule has 314 valence electrons. The number of aliphatic carboxylic acids is 1. The summed E-state index contributed by atoms with van der Waals surface area (Å²) >= 11 is 6.90. The minimum Gasteiger partial charge on any atom is -0.488 e. The number of piperidine rings is 1. The highest BCUT2D eigenvalue weighted by molar-refractivity contribution is 6.32. The van der Waals surface area contributed by atoms with Crippen molar-refractivity contribution in [3.63, 3.8) is 0 Å². The molecule has 2 bridgehead atoms. The van der Waals surface area contributed by atoms with Gasteiger partial charge in [-0.3, -0.25) is 24.5 Å². The molecule has 0 spiro atoms. The predicted octanol–water partition coefficient (Wildman–Crippen LogP) is 9.89. The van der Waals surface area contributed by atoms with Crippen LogP contribution in [0.3, 0.4) is 0 Å². The van der Waals surface area contributed by atoms with E-state index in [0.717, 1.165) is 87.8 Å². The van der Waals surface area contributed by atoms with Crippen molar-refractivity contribution in [1.29, 1.82) is 5.26 Å². The van der Waals surface area contributed by atoms with Gasteiger partial charge >= 0.3 is 11.9 Å². The Hall–Kier alpha value is -5.83. The fourth-order valence-corrected chi connectivity index (χ4v) is 9.36. The van der Waals surface area contributed by atoms with Gasteiger partial charge in [0.15, 0.2) is 0 Å². The Bertz CT molecular complexity index is 2560. The third-order valence-electron chi connectivity index (χ3n) is 12.1. The zero-order valence-electron chi connectivity index (χ0n) is 35.0. The molecule has 1 N–H and O–H groups in total. The molecule has 2 fully saturated rings. The van der Waals surface area contributed by atoms with E-state index in [1.807, 2.05) is 50.1 Å². The van der Waals surface area contributed by atoms with E-state index in [0.29, 0.717) is 41.6 Å². The van der Waals surface area contributed by atoms with E-state index in [2.05, 4.69) is 42.3 Å². The summed E-state index contributed by atoms with van der Waals surface area (Å²) in [6.45, 7) is 9.20. The summed E-state index contributed by atoms with van der Waals surface area (Å²) in [5, 5.41) is 19.7.